The van der Waals surface area contributed by atoms with Gasteiger partial charge in [-0.1, -0.05) is 12.1 Å². The fourth-order valence-electron chi connectivity index (χ4n) is 2.38. The highest BCUT2D eigenvalue weighted by Gasteiger charge is 2.20. The lowest BCUT2D eigenvalue weighted by Crippen LogP contribution is -2.39. The van der Waals surface area contributed by atoms with Crippen molar-refractivity contribution in [3.63, 3.8) is 0 Å². The standard InChI is InChI=1S/C19H21IN4O4S/c1-13(15-4-8-17(9-5-15)21-14(2)25)22-23-19(26)12-24(29(3,27)28)18-10-6-16(20)7-11-18/h4-11H,12H2,1-3H3,(H,21,25)(H,23,26)/b22-13-. The van der Waals surface area contributed by atoms with Crippen LogP contribution in [0.1, 0.15) is 19.4 Å². The van der Waals surface area contributed by atoms with Gasteiger partial charge in [0.1, 0.15) is 6.54 Å². The van der Waals surface area contributed by atoms with Crippen molar-refractivity contribution in [1.82, 2.24) is 5.43 Å². The minimum absolute atomic E-state index is 0.168. The van der Waals surface area contributed by atoms with Gasteiger partial charge in [-0.15, -0.1) is 0 Å². The monoisotopic (exact) mass is 528 g/mol. The van der Waals surface area contributed by atoms with Crippen molar-refractivity contribution in [2.45, 2.75) is 13.8 Å². The minimum Gasteiger partial charge on any atom is -0.326 e. The molecule has 2 amide bonds. The summed E-state index contributed by atoms with van der Waals surface area (Å²) in [5, 5.41) is 6.70. The van der Waals surface area contributed by atoms with Gasteiger partial charge in [-0.25, -0.2) is 13.8 Å². The first-order chi connectivity index (χ1) is 13.6. The predicted molar refractivity (Wildman–Crippen MR) is 122 cm³/mol. The SMILES string of the molecule is CC(=O)Nc1ccc(/C(C)=N\NC(=O)CN(c2ccc(I)cc2)S(C)(=O)=O)cc1. The molecule has 8 nitrogen and oxygen atoms in total. The van der Waals surface area contributed by atoms with Gasteiger partial charge < -0.3 is 5.32 Å². The number of carbonyl (C=O) groups excluding carboxylic acids is 2. The van der Waals surface area contributed by atoms with Gasteiger partial charge in [-0.3, -0.25) is 13.9 Å². The Morgan fingerprint density at radius 2 is 1.62 bits per heavy atom. The van der Waals surface area contributed by atoms with Crippen molar-refractivity contribution in [3.8, 4) is 0 Å². The third-order valence-electron chi connectivity index (χ3n) is 3.77. The summed E-state index contributed by atoms with van der Waals surface area (Å²) < 4.78 is 26.2. The van der Waals surface area contributed by atoms with Crippen LogP contribution in [0, 0.1) is 3.57 Å². The molecule has 0 unspecified atom stereocenters. The second kappa shape index (κ2) is 9.83. The van der Waals surface area contributed by atoms with Gasteiger partial charge in [-0.2, -0.15) is 5.10 Å². The van der Waals surface area contributed by atoms with Crippen LogP contribution in [-0.4, -0.2) is 38.7 Å². The molecule has 0 radical (unpaired) electrons. The van der Waals surface area contributed by atoms with E-state index in [9.17, 15) is 18.0 Å². The molecule has 2 aromatic rings. The average molecular weight is 528 g/mol. The van der Waals surface area contributed by atoms with Crippen molar-refractivity contribution in [2.24, 2.45) is 5.10 Å². The largest absolute Gasteiger partial charge is 0.326 e. The number of benzene rings is 2. The molecule has 2 N–H and O–H groups in total. The van der Waals surface area contributed by atoms with Crippen LogP contribution in [0.5, 0.6) is 0 Å². The molecule has 0 saturated carbocycles. The van der Waals surface area contributed by atoms with Crippen LogP contribution in [0.4, 0.5) is 11.4 Å². The molecular formula is C19H21IN4O4S. The lowest BCUT2D eigenvalue weighted by Gasteiger charge is -2.21. The van der Waals surface area contributed by atoms with Crippen LogP contribution in [0.15, 0.2) is 53.6 Å². The van der Waals surface area contributed by atoms with E-state index in [0.29, 0.717) is 17.1 Å². The van der Waals surface area contributed by atoms with Crippen LogP contribution in [0.3, 0.4) is 0 Å². The van der Waals surface area contributed by atoms with E-state index in [-0.39, 0.29) is 5.91 Å². The average Bonchev–Trinajstić information content (AvgIpc) is 2.64. The molecule has 0 fully saturated rings. The van der Waals surface area contributed by atoms with Crippen molar-refractivity contribution < 1.29 is 18.0 Å². The molecule has 0 spiro atoms. The van der Waals surface area contributed by atoms with Crippen molar-refractivity contribution in [2.75, 3.05) is 22.4 Å². The first kappa shape index (κ1) is 22.8. The number of halogens is 1. The molecule has 154 valence electrons. The van der Waals surface area contributed by atoms with Gasteiger partial charge in [-0.05, 0) is 71.5 Å². The number of hydrazone groups is 1. The van der Waals surface area contributed by atoms with E-state index in [4.69, 9.17) is 0 Å². The third-order valence-corrected chi connectivity index (χ3v) is 5.63. The van der Waals surface area contributed by atoms with Crippen LogP contribution in [-0.2, 0) is 19.6 Å². The van der Waals surface area contributed by atoms with Crippen molar-refractivity contribution >= 4 is 61.5 Å². The van der Waals surface area contributed by atoms with Gasteiger partial charge in [0.15, 0.2) is 0 Å². The first-order valence-corrected chi connectivity index (χ1v) is 11.4. The zero-order valence-corrected chi connectivity index (χ0v) is 19.1. The minimum atomic E-state index is -3.64. The highest BCUT2D eigenvalue weighted by Crippen LogP contribution is 2.19. The highest BCUT2D eigenvalue weighted by molar-refractivity contribution is 14.1. The summed E-state index contributed by atoms with van der Waals surface area (Å²) >= 11 is 2.11. The van der Waals surface area contributed by atoms with E-state index in [1.807, 2.05) is 0 Å². The number of rotatable bonds is 7. The zero-order valence-electron chi connectivity index (χ0n) is 16.1. The second-order valence-corrected chi connectivity index (χ2v) is 9.39. The lowest BCUT2D eigenvalue weighted by molar-refractivity contribution is -0.119. The molecule has 0 aromatic heterocycles. The number of hydrogen-bond donors (Lipinski definition) is 2. The number of anilines is 2. The van der Waals surface area contributed by atoms with Crippen LogP contribution in [0.25, 0.3) is 0 Å². The number of carbonyl (C=O) groups is 2. The van der Waals surface area contributed by atoms with Crippen LogP contribution >= 0.6 is 22.6 Å². The maximum absolute atomic E-state index is 12.3. The van der Waals surface area contributed by atoms with Crippen molar-refractivity contribution in [3.05, 3.63) is 57.7 Å². The number of hydrogen-bond acceptors (Lipinski definition) is 5. The molecule has 0 atom stereocenters. The topological polar surface area (TPSA) is 108 Å². The van der Waals surface area contributed by atoms with Gasteiger partial charge in [0.2, 0.25) is 15.9 Å². The molecule has 0 aliphatic carbocycles. The van der Waals surface area contributed by atoms with E-state index in [1.165, 1.54) is 6.92 Å². The summed E-state index contributed by atoms with van der Waals surface area (Å²) in [6.07, 6.45) is 1.05. The Morgan fingerprint density at radius 3 is 2.14 bits per heavy atom. The van der Waals surface area contributed by atoms with Gasteiger partial charge >= 0.3 is 0 Å². The fraction of sp³-hybridized carbons (Fsp3) is 0.211. The smallest absolute Gasteiger partial charge is 0.260 e. The van der Waals surface area contributed by atoms with Gasteiger partial charge in [0.25, 0.3) is 5.91 Å². The second-order valence-electron chi connectivity index (χ2n) is 6.24. The number of nitrogens with zero attached hydrogens (tertiary/aromatic N) is 2. The maximum atomic E-state index is 12.3. The quantitative estimate of drug-likeness (QED) is 0.327. The molecule has 2 aromatic carbocycles. The Bertz CT molecular complexity index is 1020. The lowest BCUT2D eigenvalue weighted by atomic mass is 10.1. The Morgan fingerprint density at radius 1 is 1.03 bits per heavy atom. The zero-order chi connectivity index (χ0) is 21.6. The van der Waals surface area contributed by atoms with Crippen molar-refractivity contribution in [1.29, 1.82) is 0 Å². The molecule has 0 saturated heterocycles. The molecule has 29 heavy (non-hydrogen) atoms. The normalized spacial score (nSPS) is 11.7. The first-order valence-electron chi connectivity index (χ1n) is 8.50. The molecule has 0 heterocycles. The third kappa shape index (κ3) is 7.13. The number of nitrogens with one attached hydrogen (secondary N) is 2. The van der Waals surface area contributed by atoms with Gasteiger partial charge in [0.05, 0.1) is 17.7 Å². The Kier molecular flexibility index (Phi) is 7.73. The highest BCUT2D eigenvalue weighted by atomic mass is 127. The summed E-state index contributed by atoms with van der Waals surface area (Å²) in [7, 11) is -3.64. The Balaban J connectivity index is 2.07. The number of sulfonamides is 1. The summed E-state index contributed by atoms with van der Waals surface area (Å²) in [6.45, 7) is 2.74. The van der Waals surface area contributed by atoms with Crippen LogP contribution in [0.2, 0.25) is 0 Å². The predicted octanol–water partition coefficient (Wildman–Crippen LogP) is 2.56. The number of amides is 2. The summed E-state index contributed by atoms with van der Waals surface area (Å²) in [5.41, 5.74) is 4.72. The Hall–Kier alpha value is -2.47. The molecule has 0 aliphatic heterocycles. The van der Waals surface area contributed by atoms with E-state index in [2.05, 4.69) is 38.4 Å². The van der Waals surface area contributed by atoms with Gasteiger partial charge in [0, 0.05) is 16.2 Å². The molecule has 2 rings (SSSR count). The molecule has 10 heteroatoms. The fourth-order valence-corrected chi connectivity index (χ4v) is 3.60. The summed E-state index contributed by atoms with van der Waals surface area (Å²) in [6, 6.07) is 13.8. The van der Waals surface area contributed by atoms with E-state index in [1.54, 1.807) is 55.5 Å². The van der Waals surface area contributed by atoms with E-state index in [0.717, 1.165) is 19.7 Å². The van der Waals surface area contributed by atoms with E-state index >= 15 is 0 Å². The summed E-state index contributed by atoms with van der Waals surface area (Å²) in [4.78, 5) is 23.3. The van der Waals surface area contributed by atoms with E-state index < -0.39 is 22.5 Å². The molecule has 0 bridgehead atoms. The van der Waals surface area contributed by atoms with Crippen LogP contribution < -0.4 is 15.0 Å². The summed E-state index contributed by atoms with van der Waals surface area (Å²) in [5.74, 6) is -0.734. The maximum Gasteiger partial charge on any atom is 0.260 e. The Labute approximate surface area is 183 Å². The molecular weight excluding hydrogens is 507 g/mol. The molecule has 0 aliphatic rings.